The van der Waals surface area contributed by atoms with Gasteiger partial charge in [-0.25, -0.2) is 0 Å². The van der Waals surface area contributed by atoms with Gasteiger partial charge in [-0.15, -0.1) is 0 Å². The summed E-state index contributed by atoms with van der Waals surface area (Å²) in [6.45, 7) is 8.87. The van der Waals surface area contributed by atoms with E-state index in [2.05, 4.69) is 31.7 Å². The second-order valence-electron chi connectivity index (χ2n) is 7.20. The molecule has 18 heavy (non-hydrogen) atoms. The van der Waals surface area contributed by atoms with Crippen molar-refractivity contribution in [3.63, 3.8) is 0 Å². The molecule has 1 amide bonds. The van der Waals surface area contributed by atoms with Crippen molar-refractivity contribution in [3.05, 3.63) is 11.6 Å². The van der Waals surface area contributed by atoms with Crippen molar-refractivity contribution in [2.75, 3.05) is 13.1 Å². The largest absolute Gasteiger partial charge is 0.339 e. The van der Waals surface area contributed by atoms with E-state index < -0.39 is 0 Å². The van der Waals surface area contributed by atoms with Crippen LogP contribution < -0.4 is 0 Å². The Bertz CT molecular complexity index is 396. The molecule has 3 atom stereocenters. The minimum absolute atomic E-state index is 0.345. The lowest BCUT2D eigenvalue weighted by Crippen LogP contribution is -2.52. The van der Waals surface area contributed by atoms with Crippen LogP contribution in [0.25, 0.3) is 0 Å². The summed E-state index contributed by atoms with van der Waals surface area (Å²) in [7, 11) is 0. The fraction of sp³-hybridized carbons (Fsp3) is 0.812. The summed E-state index contributed by atoms with van der Waals surface area (Å²) in [4.78, 5) is 14.8. The highest BCUT2D eigenvalue weighted by Crippen LogP contribution is 2.59. The molecular formula is C16H25NO. The quantitative estimate of drug-likeness (QED) is 0.696. The van der Waals surface area contributed by atoms with Crippen LogP contribution in [0.5, 0.6) is 0 Å². The third-order valence-electron chi connectivity index (χ3n) is 5.66. The number of fused-ring (bicyclic) bond motifs is 1. The number of hydrogen-bond acceptors (Lipinski definition) is 1. The summed E-state index contributed by atoms with van der Waals surface area (Å²) in [5, 5.41) is 0. The van der Waals surface area contributed by atoms with Crippen LogP contribution in [0.2, 0.25) is 0 Å². The lowest BCUT2D eigenvalue weighted by molar-refractivity contribution is -0.132. The molecule has 1 unspecified atom stereocenters. The van der Waals surface area contributed by atoms with Gasteiger partial charge in [0, 0.05) is 18.7 Å². The van der Waals surface area contributed by atoms with Gasteiger partial charge in [-0.2, -0.15) is 0 Å². The number of likely N-dealkylation sites (tertiary alicyclic amines) is 1. The highest BCUT2D eigenvalue weighted by Gasteiger charge is 2.53. The first kappa shape index (κ1) is 12.3. The fourth-order valence-electron chi connectivity index (χ4n) is 4.15. The van der Waals surface area contributed by atoms with Crippen molar-refractivity contribution in [1.29, 1.82) is 0 Å². The molecule has 1 saturated heterocycles. The van der Waals surface area contributed by atoms with Crippen molar-refractivity contribution >= 4 is 5.91 Å². The Morgan fingerprint density at radius 3 is 2.83 bits per heavy atom. The van der Waals surface area contributed by atoms with Crippen molar-refractivity contribution in [2.45, 2.75) is 46.5 Å². The zero-order valence-corrected chi connectivity index (χ0v) is 11.9. The van der Waals surface area contributed by atoms with Crippen molar-refractivity contribution in [2.24, 2.45) is 23.2 Å². The molecule has 1 saturated carbocycles. The Hall–Kier alpha value is -0.790. The number of carbonyl (C=O) groups excluding carboxylic acids is 1. The van der Waals surface area contributed by atoms with Gasteiger partial charge in [0.05, 0.1) is 0 Å². The van der Waals surface area contributed by atoms with Crippen molar-refractivity contribution in [1.82, 2.24) is 4.90 Å². The molecule has 2 fully saturated rings. The van der Waals surface area contributed by atoms with Crippen LogP contribution in [0.4, 0.5) is 0 Å². The lowest BCUT2D eigenvalue weighted by atomic mass is 9.48. The molecule has 0 aromatic carbocycles. The van der Waals surface area contributed by atoms with E-state index in [0.717, 1.165) is 31.0 Å². The minimum atomic E-state index is 0.345. The van der Waals surface area contributed by atoms with Crippen LogP contribution in [0.1, 0.15) is 46.5 Å². The average molecular weight is 247 g/mol. The molecule has 0 aromatic heterocycles. The molecule has 2 bridgehead atoms. The topological polar surface area (TPSA) is 20.3 Å². The molecule has 0 radical (unpaired) electrons. The van der Waals surface area contributed by atoms with Crippen LogP contribution in [-0.2, 0) is 4.79 Å². The zero-order chi connectivity index (χ0) is 12.9. The van der Waals surface area contributed by atoms with Gasteiger partial charge >= 0.3 is 0 Å². The number of carbonyl (C=O) groups is 1. The Balaban J connectivity index is 1.75. The predicted molar refractivity (Wildman–Crippen MR) is 73.1 cm³/mol. The fourth-order valence-corrected chi connectivity index (χ4v) is 4.15. The normalized spacial score (nSPS) is 37.8. The first-order valence-electron chi connectivity index (χ1n) is 7.49. The number of piperidine rings is 1. The molecule has 4 aliphatic rings. The first-order valence-corrected chi connectivity index (χ1v) is 7.49. The maximum atomic E-state index is 12.7. The first-order chi connectivity index (χ1) is 8.50. The van der Waals surface area contributed by atoms with E-state index in [-0.39, 0.29) is 0 Å². The Morgan fingerprint density at radius 2 is 2.22 bits per heavy atom. The van der Waals surface area contributed by atoms with E-state index >= 15 is 0 Å². The van der Waals surface area contributed by atoms with E-state index in [1.54, 1.807) is 0 Å². The van der Waals surface area contributed by atoms with Gasteiger partial charge in [0.2, 0.25) is 5.91 Å². The number of amides is 1. The summed E-state index contributed by atoms with van der Waals surface area (Å²) in [6.07, 6.45) is 7.06. The Kier molecular flexibility index (Phi) is 2.80. The maximum absolute atomic E-state index is 12.7. The van der Waals surface area contributed by atoms with Gasteiger partial charge < -0.3 is 4.90 Å². The van der Waals surface area contributed by atoms with Crippen molar-refractivity contribution in [3.8, 4) is 0 Å². The van der Waals surface area contributed by atoms with Crippen LogP contribution >= 0.6 is 0 Å². The predicted octanol–water partition coefficient (Wildman–Crippen LogP) is 3.24. The lowest BCUT2D eigenvalue weighted by Gasteiger charge is -2.56. The number of rotatable bonds is 1. The van der Waals surface area contributed by atoms with Gasteiger partial charge in [-0.3, -0.25) is 4.79 Å². The smallest absolute Gasteiger partial charge is 0.249 e. The highest BCUT2D eigenvalue weighted by atomic mass is 16.2. The highest BCUT2D eigenvalue weighted by molar-refractivity contribution is 5.94. The van der Waals surface area contributed by atoms with Crippen LogP contribution in [0, 0.1) is 23.2 Å². The molecule has 100 valence electrons. The van der Waals surface area contributed by atoms with Gasteiger partial charge in [0.15, 0.2) is 0 Å². The molecular weight excluding hydrogens is 222 g/mol. The number of hydrogen-bond donors (Lipinski definition) is 0. The monoisotopic (exact) mass is 247 g/mol. The summed E-state index contributed by atoms with van der Waals surface area (Å²) < 4.78 is 0. The summed E-state index contributed by atoms with van der Waals surface area (Å²) in [6, 6.07) is 0. The second-order valence-corrected chi connectivity index (χ2v) is 7.20. The maximum Gasteiger partial charge on any atom is 0.249 e. The summed E-state index contributed by atoms with van der Waals surface area (Å²) in [5.41, 5.74) is 1.50. The molecule has 0 N–H and O–H groups in total. The standard InChI is InChI=1S/C16H25NO/c1-11-5-4-8-17(10-11)15(18)13-7-6-12-9-14(13)16(12,2)3/h7,11-12,14H,4-6,8-10H2,1-3H3/t11?,12-,14-/m1/s1. The van der Waals surface area contributed by atoms with E-state index in [1.807, 2.05) is 0 Å². The molecule has 1 aliphatic heterocycles. The van der Waals surface area contributed by atoms with Gasteiger partial charge in [-0.1, -0.05) is 26.8 Å². The summed E-state index contributed by atoms with van der Waals surface area (Å²) in [5.74, 6) is 2.37. The third-order valence-corrected chi connectivity index (χ3v) is 5.66. The molecule has 2 heteroatoms. The van der Waals surface area contributed by atoms with Crippen LogP contribution in [-0.4, -0.2) is 23.9 Å². The van der Waals surface area contributed by atoms with Gasteiger partial charge in [-0.05, 0) is 48.9 Å². The summed E-state index contributed by atoms with van der Waals surface area (Å²) >= 11 is 0. The third kappa shape index (κ3) is 1.72. The molecule has 3 aliphatic carbocycles. The van der Waals surface area contributed by atoms with E-state index in [9.17, 15) is 4.79 Å². The molecule has 1 heterocycles. The van der Waals surface area contributed by atoms with E-state index in [4.69, 9.17) is 0 Å². The number of allylic oxidation sites excluding steroid dienone is 1. The van der Waals surface area contributed by atoms with Gasteiger partial charge in [0.25, 0.3) is 0 Å². The van der Waals surface area contributed by atoms with Gasteiger partial charge in [0.1, 0.15) is 0 Å². The Morgan fingerprint density at radius 1 is 1.44 bits per heavy atom. The molecule has 4 rings (SSSR count). The molecule has 0 spiro atoms. The average Bonchev–Trinajstić information content (AvgIpc) is 2.37. The van der Waals surface area contributed by atoms with E-state index in [0.29, 0.717) is 23.2 Å². The minimum Gasteiger partial charge on any atom is -0.339 e. The number of nitrogens with zero attached hydrogens (tertiary/aromatic N) is 1. The van der Waals surface area contributed by atoms with Crippen molar-refractivity contribution < 1.29 is 4.79 Å². The van der Waals surface area contributed by atoms with Crippen LogP contribution in [0.3, 0.4) is 0 Å². The molecule has 0 aromatic rings. The van der Waals surface area contributed by atoms with Crippen LogP contribution in [0.15, 0.2) is 11.6 Å². The second kappa shape index (κ2) is 4.11. The zero-order valence-electron chi connectivity index (χ0n) is 11.9. The molecule has 2 nitrogen and oxygen atoms in total. The SMILES string of the molecule is CC1CCCN(C(=O)C2=CC[C@@H]3C[C@H]2C3(C)C)C1. The van der Waals surface area contributed by atoms with E-state index in [1.165, 1.54) is 19.3 Å². The Labute approximate surface area is 110 Å².